The number of benzene rings is 3. The molecule has 1 amide bonds. The van der Waals surface area contributed by atoms with Crippen molar-refractivity contribution in [1.29, 1.82) is 0 Å². The predicted octanol–water partition coefficient (Wildman–Crippen LogP) is 5.95. The molecule has 0 aliphatic carbocycles. The van der Waals surface area contributed by atoms with Crippen LogP contribution in [0.1, 0.15) is 42.4 Å². The third-order valence-electron chi connectivity index (χ3n) is 6.91. The zero-order valence-electron chi connectivity index (χ0n) is 20.2. The summed E-state index contributed by atoms with van der Waals surface area (Å²) in [5.74, 6) is -0.286. The van der Waals surface area contributed by atoms with Crippen LogP contribution in [0.15, 0.2) is 72.8 Å². The fraction of sp³-hybridized carbons (Fsp3) is 0.276. The summed E-state index contributed by atoms with van der Waals surface area (Å²) in [4.78, 5) is 26.6. The number of nitrogens with one attached hydrogen (secondary N) is 2. The van der Waals surface area contributed by atoms with Crippen molar-refractivity contribution in [3.63, 3.8) is 0 Å². The lowest BCUT2D eigenvalue weighted by Gasteiger charge is -2.19. The lowest BCUT2D eigenvalue weighted by molar-refractivity contribution is -0.384. The van der Waals surface area contributed by atoms with Gasteiger partial charge in [0.05, 0.1) is 16.2 Å². The lowest BCUT2D eigenvalue weighted by atomic mass is 9.99. The number of rotatable bonds is 7. The first-order valence-corrected chi connectivity index (χ1v) is 12.6. The van der Waals surface area contributed by atoms with Crippen LogP contribution >= 0.6 is 0 Å². The first-order chi connectivity index (χ1) is 17.6. The number of hydrogen-bond donors (Lipinski definition) is 2. The Hall–Kier alpha value is -3.97. The summed E-state index contributed by atoms with van der Waals surface area (Å²) in [6.07, 6.45) is 6.27. The number of nitrogens with zero attached hydrogens (tertiary/aromatic N) is 2. The molecule has 0 radical (unpaired) electrons. The SMILES string of the molecule is O=C1Nc2ccc([N+](=O)[O-])cc2/C1=C(/Nc1ccc(CCN2CCCCCC2)cc1)c1ccccc1. The van der Waals surface area contributed by atoms with E-state index < -0.39 is 4.92 Å². The number of carbonyl (C=O) groups is 1. The van der Waals surface area contributed by atoms with Crippen molar-refractivity contribution in [2.75, 3.05) is 30.3 Å². The van der Waals surface area contributed by atoms with Gasteiger partial charge in [-0.05, 0) is 61.7 Å². The van der Waals surface area contributed by atoms with E-state index in [-0.39, 0.29) is 11.6 Å². The smallest absolute Gasteiger partial charge is 0.270 e. The molecule has 36 heavy (non-hydrogen) atoms. The molecule has 7 heteroatoms. The molecule has 5 rings (SSSR count). The van der Waals surface area contributed by atoms with Crippen LogP contribution in [0.25, 0.3) is 11.3 Å². The zero-order chi connectivity index (χ0) is 24.9. The minimum Gasteiger partial charge on any atom is -0.354 e. The van der Waals surface area contributed by atoms with Gasteiger partial charge in [0.1, 0.15) is 0 Å². The Labute approximate surface area is 211 Å². The number of carbonyl (C=O) groups excluding carboxylic acids is 1. The predicted molar refractivity (Wildman–Crippen MR) is 144 cm³/mol. The molecule has 184 valence electrons. The van der Waals surface area contributed by atoms with E-state index in [2.05, 4.69) is 27.7 Å². The average molecular weight is 483 g/mol. The molecule has 3 aromatic rings. The molecule has 2 aliphatic heterocycles. The van der Waals surface area contributed by atoms with Crippen LogP contribution in [0, 0.1) is 10.1 Å². The monoisotopic (exact) mass is 482 g/mol. The second-order valence-corrected chi connectivity index (χ2v) is 9.38. The van der Waals surface area contributed by atoms with Gasteiger partial charge in [0.25, 0.3) is 11.6 Å². The van der Waals surface area contributed by atoms with Crippen LogP contribution in [0.4, 0.5) is 17.1 Å². The van der Waals surface area contributed by atoms with Gasteiger partial charge in [-0.15, -0.1) is 0 Å². The maximum atomic E-state index is 13.0. The fourth-order valence-electron chi connectivity index (χ4n) is 4.95. The number of nitro benzene ring substituents is 1. The third kappa shape index (κ3) is 5.31. The van der Waals surface area contributed by atoms with Crippen LogP contribution in [-0.2, 0) is 11.2 Å². The summed E-state index contributed by atoms with van der Waals surface area (Å²) in [7, 11) is 0. The molecular formula is C29H30N4O3. The largest absolute Gasteiger partial charge is 0.354 e. The van der Waals surface area contributed by atoms with Crippen molar-refractivity contribution in [2.45, 2.75) is 32.1 Å². The van der Waals surface area contributed by atoms with Gasteiger partial charge in [0.15, 0.2) is 0 Å². The second-order valence-electron chi connectivity index (χ2n) is 9.38. The van der Waals surface area contributed by atoms with Gasteiger partial charge in [-0.3, -0.25) is 14.9 Å². The third-order valence-corrected chi connectivity index (χ3v) is 6.91. The van der Waals surface area contributed by atoms with Gasteiger partial charge < -0.3 is 15.5 Å². The molecule has 1 saturated heterocycles. The summed E-state index contributed by atoms with van der Waals surface area (Å²) in [6, 6.07) is 22.3. The van der Waals surface area contributed by atoms with Crippen molar-refractivity contribution in [3.05, 3.63) is 99.6 Å². The second kappa shape index (κ2) is 10.7. The van der Waals surface area contributed by atoms with E-state index in [4.69, 9.17) is 0 Å². The Morgan fingerprint density at radius 3 is 2.36 bits per heavy atom. The van der Waals surface area contributed by atoms with Crippen LogP contribution in [-0.4, -0.2) is 35.4 Å². The lowest BCUT2D eigenvalue weighted by Crippen LogP contribution is -2.26. The highest BCUT2D eigenvalue weighted by molar-refractivity contribution is 6.37. The quantitative estimate of drug-likeness (QED) is 0.247. The Bertz CT molecular complexity index is 1280. The van der Waals surface area contributed by atoms with Crippen LogP contribution < -0.4 is 10.6 Å². The maximum Gasteiger partial charge on any atom is 0.270 e. The first kappa shape index (κ1) is 23.8. The molecule has 0 bridgehead atoms. The van der Waals surface area contributed by atoms with Crippen LogP contribution in [0.3, 0.4) is 0 Å². The molecule has 3 aromatic carbocycles. The van der Waals surface area contributed by atoms with Crippen LogP contribution in [0.2, 0.25) is 0 Å². The first-order valence-electron chi connectivity index (χ1n) is 12.6. The van der Waals surface area contributed by atoms with Gasteiger partial charge in [0.2, 0.25) is 0 Å². The molecule has 0 atom stereocenters. The molecule has 2 N–H and O–H groups in total. The Kier molecular flexibility index (Phi) is 7.09. The molecule has 7 nitrogen and oxygen atoms in total. The van der Waals surface area contributed by atoms with Gasteiger partial charge in [0, 0.05) is 35.6 Å². The normalized spacial score (nSPS) is 17.2. The molecule has 2 aliphatic rings. The highest BCUT2D eigenvalue weighted by Gasteiger charge is 2.30. The van der Waals surface area contributed by atoms with E-state index in [1.165, 1.54) is 56.5 Å². The molecule has 1 fully saturated rings. The number of non-ortho nitro benzene ring substituents is 1. The number of anilines is 2. The summed E-state index contributed by atoms with van der Waals surface area (Å²) in [5, 5.41) is 17.7. The van der Waals surface area contributed by atoms with E-state index in [1.807, 2.05) is 42.5 Å². The topological polar surface area (TPSA) is 87.5 Å². The zero-order valence-corrected chi connectivity index (χ0v) is 20.2. The number of amides is 1. The summed E-state index contributed by atoms with van der Waals surface area (Å²) in [5.41, 5.74) is 5.00. The minimum absolute atomic E-state index is 0.0519. The average Bonchev–Trinajstić information content (AvgIpc) is 3.04. The molecule has 0 aromatic heterocycles. The minimum atomic E-state index is -0.444. The van der Waals surface area contributed by atoms with Gasteiger partial charge in [-0.1, -0.05) is 55.3 Å². The van der Waals surface area contributed by atoms with Gasteiger partial charge in [-0.25, -0.2) is 0 Å². The highest BCUT2D eigenvalue weighted by Crippen LogP contribution is 2.39. The fourth-order valence-corrected chi connectivity index (χ4v) is 4.95. The van der Waals surface area contributed by atoms with E-state index in [0.717, 1.165) is 24.2 Å². The van der Waals surface area contributed by atoms with Crippen LogP contribution in [0.5, 0.6) is 0 Å². The van der Waals surface area contributed by atoms with Crippen molar-refractivity contribution in [2.24, 2.45) is 0 Å². The van der Waals surface area contributed by atoms with E-state index >= 15 is 0 Å². The molecular weight excluding hydrogens is 452 g/mol. The molecule has 0 spiro atoms. The summed E-state index contributed by atoms with van der Waals surface area (Å²) >= 11 is 0. The van der Waals surface area contributed by atoms with Gasteiger partial charge in [-0.2, -0.15) is 0 Å². The Morgan fingerprint density at radius 1 is 0.944 bits per heavy atom. The number of likely N-dealkylation sites (tertiary alicyclic amines) is 1. The number of hydrogen-bond acceptors (Lipinski definition) is 5. The van der Waals surface area contributed by atoms with E-state index in [9.17, 15) is 14.9 Å². The highest BCUT2D eigenvalue weighted by atomic mass is 16.6. The Morgan fingerprint density at radius 2 is 1.67 bits per heavy atom. The van der Waals surface area contributed by atoms with Crippen molar-refractivity contribution in [3.8, 4) is 0 Å². The van der Waals surface area contributed by atoms with Gasteiger partial charge >= 0.3 is 0 Å². The number of fused-ring (bicyclic) bond motifs is 1. The molecule has 0 unspecified atom stereocenters. The molecule has 2 heterocycles. The van der Waals surface area contributed by atoms with Crippen molar-refractivity contribution >= 4 is 34.2 Å². The van der Waals surface area contributed by atoms with Crippen molar-refractivity contribution < 1.29 is 9.72 Å². The summed E-state index contributed by atoms with van der Waals surface area (Å²) in [6.45, 7) is 3.45. The number of nitro groups is 1. The van der Waals surface area contributed by atoms with E-state index in [0.29, 0.717) is 22.5 Å². The maximum absolute atomic E-state index is 13.0. The standard InChI is InChI=1S/C29H30N4O3/c34-29-27(25-20-24(33(35)36)14-15-26(25)31-29)28(22-8-4-3-5-9-22)30-23-12-10-21(11-13-23)16-19-32-17-6-1-2-7-18-32/h3-5,8-15,20,30H,1-2,6-7,16-19H2,(H,31,34)/b28-27-. The molecule has 0 saturated carbocycles. The summed E-state index contributed by atoms with van der Waals surface area (Å²) < 4.78 is 0. The Balaban J connectivity index is 1.42. The van der Waals surface area contributed by atoms with E-state index in [1.54, 1.807) is 6.07 Å². The van der Waals surface area contributed by atoms with Crippen molar-refractivity contribution in [1.82, 2.24) is 4.90 Å².